The molecule has 1 aromatic carbocycles. The van der Waals surface area contributed by atoms with Crippen molar-refractivity contribution in [3.05, 3.63) is 77.1 Å². The number of rotatable bonds is 4. The Morgan fingerprint density at radius 2 is 1.96 bits per heavy atom. The van der Waals surface area contributed by atoms with E-state index < -0.39 is 11.9 Å². The molecule has 5 nitrogen and oxygen atoms in total. The van der Waals surface area contributed by atoms with Crippen LogP contribution in [0.15, 0.2) is 55.1 Å². The lowest BCUT2D eigenvalue weighted by molar-refractivity contribution is 0.221. The Balaban J connectivity index is 1.83. The monoisotopic (exact) mass is 386 g/mol. The Bertz CT molecular complexity index is 1040. The number of hydrogen-bond acceptors (Lipinski definition) is 5. The van der Waals surface area contributed by atoms with Gasteiger partial charge in [0.1, 0.15) is 18.2 Å². The van der Waals surface area contributed by atoms with Gasteiger partial charge in [-0.3, -0.25) is 10.1 Å². The number of aliphatic hydroxyl groups is 1. The second-order valence-corrected chi connectivity index (χ2v) is 7.00. The lowest BCUT2D eigenvalue weighted by Gasteiger charge is -2.12. The van der Waals surface area contributed by atoms with Gasteiger partial charge in [-0.2, -0.15) is 5.10 Å². The van der Waals surface area contributed by atoms with Crippen LogP contribution >= 0.6 is 22.9 Å². The fourth-order valence-corrected chi connectivity index (χ4v) is 3.89. The van der Waals surface area contributed by atoms with Crippen molar-refractivity contribution in [1.29, 1.82) is 0 Å². The number of aromatic amines is 1. The minimum Gasteiger partial charge on any atom is -0.384 e. The lowest BCUT2D eigenvalue weighted by Crippen LogP contribution is -2.01. The number of aliphatic hydroxyl groups excluding tert-OH is 1. The topological polar surface area (TPSA) is 74.7 Å². The Hall–Kier alpha value is -2.61. The van der Waals surface area contributed by atoms with Crippen LogP contribution < -0.4 is 0 Å². The van der Waals surface area contributed by atoms with Crippen molar-refractivity contribution in [2.24, 2.45) is 0 Å². The van der Waals surface area contributed by atoms with Gasteiger partial charge in [-0.05, 0) is 41.5 Å². The van der Waals surface area contributed by atoms with E-state index in [2.05, 4.69) is 20.2 Å². The van der Waals surface area contributed by atoms with Gasteiger partial charge in [0.05, 0.1) is 9.90 Å². The van der Waals surface area contributed by atoms with Crippen LogP contribution in [0.5, 0.6) is 0 Å². The van der Waals surface area contributed by atoms with Gasteiger partial charge in [-0.25, -0.2) is 9.37 Å². The van der Waals surface area contributed by atoms with Crippen molar-refractivity contribution in [2.75, 3.05) is 0 Å². The maximum absolute atomic E-state index is 13.8. The van der Waals surface area contributed by atoms with Gasteiger partial charge in [-0.1, -0.05) is 17.7 Å². The summed E-state index contributed by atoms with van der Waals surface area (Å²) in [5.41, 5.74) is 1.98. The van der Waals surface area contributed by atoms with Crippen LogP contribution in [0.4, 0.5) is 4.39 Å². The predicted octanol–water partition coefficient (Wildman–Crippen LogP) is 4.47. The van der Waals surface area contributed by atoms with E-state index in [0.29, 0.717) is 17.0 Å². The molecule has 0 aliphatic rings. The maximum atomic E-state index is 13.8. The molecule has 1 atom stereocenters. The number of H-pyrrole nitrogens is 1. The molecule has 0 spiro atoms. The van der Waals surface area contributed by atoms with E-state index in [1.54, 1.807) is 18.5 Å². The van der Waals surface area contributed by atoms with Crippen LogP contribution in [0, 0.1) is 5.82 Å². The van der Waals surface area contributed by atoms with E-state index in [9.17, 15) is 9.50 Å². The summed E-state index contributed by atoms with van der Waals surface area (Å²) in [7, 11) is 0. The quantitative estimate of drug-likeness (QED) is 0.542. The first-order chi connectivity index (χ1) is 12.6. The normalized spacial score (nSPS) is 12.3. The van der Waals surface area contributed by atoms with Crippen molar-refractivity contribution >= 4 is 22.9 Å². The third-order valence-electron chi connectivity index (χ3n) is 3.91. The average molecular weight is 387 g/mol. The molecule has 0 aliphatic heterocycles. The van der Waals surface area contributed by atoms with Crippen LogP contribution in [0.3, 0.4) is 0 Å². The fraction of sp³-hybridized carbons (Fsp3) is 0.0556. The highest BCUT2D eigenvalue weighted by atomic mass is 35.5. The van der Waals surface area contributed by atoms with Gasteiger partial charge in [0.2, 0.25) is 0 Å². The van der Waals surface area contributed by atoms with Gasteiger partial charge in [0.25, 0.3) is 0 Å². The van der Waals surface area contributed by atoms with Gasteiger partial charge in [-0.15, -0.1) is 11.3 Å². The molecule has 3 aromatic heterocycles. The first-order valence-corrected chi connectivity index (χ1v) is 8.86. The first-order valence-electron chi connectivity index (χ1n) is 7.66. The fourth-order valence-electron chi connectivity index (χ4n) is 2.63. The number of thiophene rings is 1. The highest BCUT2D eigenvalue weighted by Crippen LogP contribution is 2.41. The molecule has 2 N–H and O–H groups in total. The third-order valence-corrected chi connectivity index (χ3v) is 5.42. The Labute approximate surface area is 157 Å². The Morgan fingerprint density at radius 3 is 2.65 bits per heavy atom. The summed E-state index contributed by atoms with van der Waals surface area (Å²) in [6, 6.07) is 9.90. The molecule has 0 bridgehead atoms. The molecule has 3 heterocycles. The van der Waals surface area contributed by atoms with Crippen molar-refractivity contribution < 1.29 is 9.50 Å². The van der Waals surface area contributed by atoms with Crippen molar-refractivity contribution in [3.63, 3.8) is 0 Å². The molecule has 0 radical (unpaired) electrons. The number of hydrogen-bond donors (Lipinski definition) is 2. The molecule has 0 amide bonds. The minimum atomic E-state index is -1.03. The number of halogens is 2. The second-order valence-electron chi connectivity index (χ2n) is 5.54. The van der Waals surface area contributed by atoms with Gasteiger partial charge >= 0.3 is 0 Å². The van der Waals surface area contributed by atoms with Crippen LogP contribution in [-0.2, 0) is 0 Å². The number of nitrogens with one attached hydrogen (secondary N) is 1. The van der Waals surface area contributed by atoms with Gasteiger partial charge in [0.15, 0.2) is 5.82 Å². The zero-order chi connectivity index (χ0) is 18.1. The van der Waals surface area contributed by atoms with E-state index >= 15 is 0 Å². The predicted molar refractivity (Wildman–Crippen MR) is 98.4 cm³/mol. The molecule has 4 aromatic rings. The molecule has 0 saturated carbocycles. The minimum absolute atomic E-state index is 0.0131. The van der Waals surface area contributed by atoms with Crippen LogP contribution in [0.1, 0.15) is 17.2 Å². The van der Waals surface area contributed by atoms with Crippen molar-refractivity contribution in [3.8, 4) is 21.1 Å². The summed E-state index contributed by atoms with van der Waals surface area (Å²) in [6.45, 7) is 0. The molecular formula is C18H12ClFN4OS. The molecule has 0 aliphatic carbocycles. The lowest BCUT2D eigenvalue weighted by atomic mass is 10.0. The molecule has 0 saturated heterocycles. The summed E-state index contributed by atoms with van der Waals surface area (Å²) in [5, 5.41) is 17.6. The molecule has 0 fully saturated rings. The highest BCUT2D eigenvalue weighted by Gasteiger charge is 2.22. The summed E-state index contributed by atoms with van der Waals surface area (Å²) in [6.07, 6.45) is 3.77. The SMILES string of the molecule is OC(c1ccc(Cl)c(F)c1)c1cc(-c2ccncc2)sc1-c1ncn[nH]1. The third kappa shape index (κ3) is 3.12. The zero-order valence-corrected chi connectivity index (χ0v) is 14.8. The summed E-state index contributed by atoms with van der Waals surface area (Å²) < 4.78 is 13.8. The molecule has 26 heavy (non-hydrogen) atoms. The van der Waals surface area contributed by atoms with Crippen LogP contribution in [0.2, 0.25) is 5.02 Å². The summed E-state index contributed by atoms with van der Waals surface area (Å²) in [5.74, 6) is -0.0344. The number of benzene rings is 1. The highest BCUT2D eigenvalue weighted by molar-refractivity contribution is 7.19. The Kier molecular flexibility index (Phi) is 4.50. The molecule has 130 valence electrons. The summed E-state index contributed by atoms with van der Waals surface area (Å²) in [4.78, 5) is 9.88. The van der Waals surface area contributed by atoms with Crippen molar-refractivity contribution in [2.45, 2.75) is 6.10 Å². The first kappa shape index (κ1) is 16.8. The van der Waals surface area contributed by atoms with Gasteiger partial charge in [0, 0.05) is 22.8 Å². The second kappa shape index (κ2) is 6.95. The summed E-state index contributed by atoms with van der Waals surface area (Å²) >= 11 is 7.20. The van der Waals surface area contributed by atoms with Gasteiger partial charge < -0.3 is 5.11 Å². The van der Waals surface area contributed by atoms with Crippen LogP contribution in [0.25, 0.3) is 21.1 Å². The van der Waals surface area contributed by atoms with Crippen molar-refractivity contribution in [1.82, 2.24) is 20.2 Å². The molecule has 1 unspecified atom stereocenters. The molecule has 4 rings (SSSR count). The maximum Gasteiger partial charge on any atom is 0.165 e. The van der Waals surface area contributed by atoms with Crippen LogP contribution in [-0.4, -0.2) is 25.3 Å². The number of nitrogens with zero attached hydrogens (tertiary/aromatic N) is 3. The molecular weight excluding hydrogens is 375 g/mol. The van der Waals surface area contributed by atoms with E-state index in [1.165, 1.54) is 29.8 Å². The van der Waals surface area contributed by atoms with E-state index in [-0.39, 0.29) is 5.02 Å². The Morgan fingerprint density at radius 1 is 1.15 bits per heavy atom. The van der Waals surface area contributed by atoms with E-state index in [4.69, 9.17) is 11.6 Å². The smallest absolute Gasteiger partial charge is 0.165 e. The molecule has 8 heteroatoms. The van der Waals surface area contributed by atoms with E-state index in [0.717, 1.165) is 15.3 Å². The zero-order valence-electron chi connectivity index (χ0n) is 13.2. The largest absolute Gasteiger partial charge is 0.384 e. The van der Waals surface area contributed by atoms with E-state index in [1.807, 2.05) is 18.2 Å². The standard InChI is InChI=1S/C18H12ClFN4OS/c19-13-2-1-11(7-14(13)20)16(25)12-8-15(10-3-5-21-6-4-10)26-17(12)18-22-9-23-24-18/h1-9,16,25H,(H,22,23,24). The number of aromatic nitrogens is 4. The average Bonchev–Trinajstić information content (AvgIpc) is 3.33. The number of pyridine rings is 1.